The molecule has 0 aliphatic carbocycles. The van der Waals surface area contributed by atoms with Crippen LogP contribution in [0.15, 0.2) is 12.7 Å². The van der Waals surface area contributed by atoms with Crippen molar-refractivity contribution in [3.05, 3.63) is 12.7 Å². The van der Waals surface area contributed by atoms with Gasteiger partial charge < -0.3 is 19.6 Å². The third-order valence-corrected chi connectivity index (χ3v) is 9.68. The van der Waals surface area contributed by atoms with Gasteiger partial charge in [0.1, 0.15) is 6.04 Å². The highest BCUT2D eigenvalue weighted by molar-refractivity contribution is 8.02. The molecule has 7 nitrogen and oxygen atoms in total. The molecule has 3 saturated heterocycles. The van der Waals surface area contributed by atoms with Gasteiger partial charge in [0.25, 0.3) is 0 Å². The molecule has 0 aromatic carbocycles. The second kappa shape index (κ2) is 8.91. The van der Waals surface area contributed by atoms with Gasteiger partial charge in [-0.1, -0.05) is 19.9 Å². The zero-order valence-corrected chi connectivity index (χ0v) is 21.9. The molecular formula is C25H40N2O5S. The lowest BCUT2D eigenvalue weighted by Crippen LogP contribution is -2.61. The van der Waals surface area contributed by atoms with Crippen LogP contribution < -0.4 is 0 Å². The van der Waals surface area contributed by atoms with Gasteiger partial charge in [-0.3, -0.25) is 14.4 Å². The van der Waals surface area contributed by atoms with Crippen molar-refractivity contribution in [3.8, 4) is 0 Å². The molecule has 2 amide bonds. The van der Waals surface area contributed by atoms with Gasteiger partial charge in [-0.05, 0) is 53.4 Å². The van der Waals surface area contributed by atoms with E-state index in [1.165, 1.54) is 0 Å². The highest BCUT2D eigenvalue weighted by atomic mass is 32.2. The van der Waals surface area contributed by atoms with E-state index in [1.54, 1.807) is 34.6 Å². The monoisotopic (exact) mass is 480 g/mol. The number of ether oxygens (including phenoxy) is 1. The van der Waals surface area contributed by atoms with E-state index in [1.807, 2.05) is 41.5 Å². The minimum Gasteiger partial charge on any atom is -0.466 e. The number of aliphatic hydroxyl groups excluding tert-OH is 1. The first kappa shape index (κ1) is 26.1. The van der Waals surface area contributed by atoms with Crippen molar-refractivity contribution in [3.63, 3.8) is 0 Å². The Hall–Kier alpha value is -1.54. The first-order chi connectivity index (χ1) is 15.3. The largest absolute Gasteiger partial charge is 0.466 e. The highest BCUT2D eigenvalue weighted by Gasteiger charge is 2.78. The molecule has 2 bridgehead atoms. The number of amides is 2. The fraction of sp³-hybridized carbons (Fsp3) is 0.800. The Balaban J connectivity index is 2.18. The summed E-state index contributed by atoms with van der Waals surface area (Å²) in [5.74, 6) is -1.98. The van der Waals surface area contributed by atoms with E-state index in [9.17, 15) is 19.5 Å². The lowest BCUT2D eigenvalue weighted by Gasteiger charge is -2.44. The Labute approximate surface area is 202 Å². The van der Waals surface area contributed by atoms with E-state index >= 15 is 0 Å². The number of hydrogen-bond acceptors (Lipinski definition) is 6. The Morgan fingerprint density at radius 2 is 2.00 bits per heavy atom. The molecule has 0 saturated carbocycles. The van der Waals surface area contributed by atoms with E-state index in [0.717, 1.165) is 6.42 Å². The number of thioether (sulfide) groups is 1. The fourth-order valence-electron chi connectivity index (χ4n) is 6.18. The molecule has 3 fully saturated rings. The second-order valence-electron chi connectivity index (χ2n) is 11.1. The average molecular weight is 481 g/mol. The second-order valence-corrected chi connectivity index (χ2v) is 13.0. The van der Waals surface area contributed by atoms with Crippen LogP contribution in [0.1, 0.15) is 61.3 Å². The minimum atomic E-state index is -0.750. The molecular weight excluding hydrogens is 440 g/mol. The van der Waals surface area contributed by atoms with Crippen LogP contribution in [-0.2, 0) is 19.1 Å². The number of hydrogen-bond donors (Lipinski definition) is 1. The Morgan fingerprint density at radius 3 is 2.48 bits per heavy atom. The molecule has 3 aliphatic heterocycles. The number of nitrogens with zero attached hydrogens (tertiary/aromatic N) is 2. The molecule has 3 heterocycles. The number of aliphatic hydroxyl groups is 1. The van der Waals surface area contributed by atoms with Crippen LogP contribution in [0.5, 0.6) is 0 Å². The van der Waals surface area contributed by atoms with E-state index in [4.69, 9.17) is 4.74 Å². The van der Waals surface area contributed by atoms with Crippen molar-refractivity contribution >= 4 is 29.5 Å². The van der Waals surface area contributed by atoms with Crippen molar-refractivity contribution in [2.24, 2.45) is 17.8 Å². The smallest absolute Gasteiger partial charge is 0.311 e. The van der Waals surface area contributed by atoms with Crippen molar-refractivity contribution in [2.45, 2.75) is 88.4 Å². The first-order valence-corrected chi connectivity index (χ1v) is 12.8. The third kappa shape index (κ3) is 3.91. The molecule has 0 radical (unpaired) electrons. The standard InChI is InChI=1S/C25H40N2O5S/c1-9-13-26(23(5,6)7)21(30)19-25-12-11-24(8,33-25)18(22(31)32-10-2)17(25)20(29)27(19)16(14-28)15(3)4/h9,15-19,28H,1,10-14H2,2-8H3/t16-,17-,18+,19?,24-,25?/m0/s1. The normalized spacial score (nSPS) is 33.9. The zero-order valence-electron chi connectivity index (χ0n) is 21.1. The van der Waals surface area contributed by atoms with E-state index < -0.39 is 39.0 Å². The maximum atomic E-state index is 14.3. The molecule has 2 unspecified atom stereocenters. The summed E-state index contributed by atoms with van der Waals surface area (Å²) in [4.78, 5) is 44.9. The molecule has 6 atom stereocenters. The van der Waals surface area contributed by atoms with Crippen molar-refractivity contribution in [1.82, 2.24) is 9.80 Å². The van der Waals surface area contributed by atoms with E-state index in [2.05, 4.69) is 6.58 Å². The number of carbonyl (C=O) groups excluding carboxylic acids is 3. The van der Waals surface area contributed by atoms with E-state index in [0.29, 0.717) is 13.0 Å². The highest BCUT2D eigenvalue weighted by Crippen LogP contribution is 2.72. The minimum absolute atomic E-state index is 0.0502. The summed E-state index contributed by atoms with van der Waals surface area (Å²) in [7, 11) is 0. The van der Waals surface area contributed by atoms with E-state index in [-0.39, 0.29) is 36.9 Å². The Morgan fingerprint density at radius 1 is 1.36 bits per heavy atom. The van der Waals surface area contributed by atoms with Crippen LogP contribution in [0, 0.1) is 17.8 Å². The number of esters is 1. The van der Waals surface area contributed by atoms with Gasteiger partial charge in [-0.15, -0.1) is 18.3 Å². The molecule has 1 N–H and O–H groups in total. The Bertz CT molecular complexity index is 824. The van der Waals surface area contributed by atoms with Crippen LogP contribution in [-0.4, -0.2) is 79.6 Å². The van der Waals surface area contributed by atoms with Gasteiger partial charge in [-0.2, -0.15) is 0 Å². The van der Waals surface area contributed by atoms with Crippen LogP contribution in [0.4, 0.5) is 0 Å². The van der Waals surface area contributed by atoms with Gasteiger partial charge in [0.2, 0.25) is 11.8 Å². The van der Waals surface area contributed by atoms with Gasteiger partial charge >= 0.3 is 5.97 Å². The molecule has 33 heavy (non-hydrogen) atoms. The number of likely N-dealkylation sites (tertiary alicyclic amines) is 1. The summed E-state index contributed by atoms with van der Waals surface area (Å²) in [5, 5.41) is 10.3. The summed E-state index contributed by atoms with van der Waals surface area (Å²) >= 11 is 1.63. The number of carbonyl (C=O) groups is 3. The third-order valence-electron chi connectivity index (χ3n) is 7.69. The van der Waals surface area contributed by atoms with Gasteiger partial charge in [-0.25, -0.2) is 0 Å². The van der Waals surface area contributed by atoms with Crippen molar-refractivity contribution in [2.75, 3.05) is 19.8 Å². The zero-order chi connectivity index (χ0) is 24.9. The topological polar surface area (TPSA) is 87.2 Å². The van der Waals surface area contributed by atoms with Gasteiger partial charge in [0, 0.05) is 16.8 Å². The predicted octanol–water partition coefficient (Wildman–Crippen LogP) is 2.86. The molecule has 3 rings (SSSR count). The summed E-state index contributed by atoms with van der Waals surface area (Å²) in [6, 6.07) is -1.26. The van der Waals surface area contributed by atoms with Crippen LogP contribution in [0.2, 0.25) is 0 Å². The van der Waals surface area contributed by atoms with Gasteiger partial charge in [0.15, 0.2) is 0 Å². The molecule has 0 aromatic heterocycles. The Kier molecular flexibility index (Phi) is 7.04. The first-order valence-electron chi connectivity index (χ1n) is 12.0. The lowest BCUT2D eigenvalue weighted by atomic mass is 9.66. The quantitative estimate of drug-likeness (QED) is 0.425. The maximum absolute atomic E-state index is 14.3. The summed E-state index contributed by atoms with van der Waals surface area (Å²) in [5.41, 5.74) is -0.479. The molecule has 8 heteroatoms. The summed E-state index contributed by atoms with van der Waals surface area (Å²) < 4.78 is 4.26. The van der Waals surface area contributed by atoms with Crippen LogP contribution in [0.3, 0.4) is 0 Å². The maximum Gasteiger partial charge on any atom is 0.311 e. The summed E-state index contributed by atoms with van der Waals surface area (Å²) in [6.45, 7) is 17.8. The summed E-state index contributed by atoms with van der Waals surface area (Å²) in [6.07, 6.45) is 3.12. The van der Waals surface area contributed by atoms with Crippen LogP contribution >= 0.6 is 11.8 Å². The van der Waals surface area contributed by atoms with Crippen LogP contribution in [0.25, 0.3) is 0 Å². The molecule has 3 aliphatic rings. The van der Waals surface area contributed by atoms with Crippen molar-refractivity contribution < 1.29 is 24.2 Å². The fourth-order valence-corrected chi connectivity index (χ4v) is 8.51. The molecule has 186 valence electrons. The number of fused-ring (bicyclic) bond motifs is 1. The average Bonchev–Trinajstić information content (AvgIpc) is 3.27. The SMILES string of the molecule is C=CCN(C(=O)C1N([C@@H](CO)C(C)C)C(=O)[C@@H]2[C@H](C(=O)OCC)[C@]3(C)CCC12S3)C(C)(C)C. The molecule has 1 spiro atoms. The number of rotatable bonds is 8. The predicted molar refractivity (Wildman–Crippen MR) is 130 cm³/mol. The lowest BCUT2D eigenvalue weighted by molar-refractivity contribution is -0.156. The van der Waals surface area contributed by atoms with Gasteiger partial charge in [0.05, 0.1) is 35.8 Å². The molecule has 0 aromatic rings. The van der Waals surface area contributed by atoms with Crippen molar-refractivity contribution in [1.29, 1.82) is 0 Å².